The Bertz CT molecular complexity index is 481. The molecule has 1 aromatic rings. The minimum absolute atomic E-state index is 0.195. The molecule has 21 heavy (non-hydrogen) atoms. The van der Waals surface area contributed by atoms with Crippen LogP contribution in [0.15, 0.2) is 6.07 Å². The van der Waals surface area contributed by atoms with E-state index in [1.54, 1.807) is 0 Å². The quantitative estimate of drug-likeness (QED) is 0.774. The van der Waals surface area contributed by atoms with Gasteiger partial charge in [0.25, 0.3) is 0 Å². The van der Waals surface area contributed by atoms with Crippen molar-refractivity contribution in [2.45, 2.75) is 79.7 Å². The predicted molar refractivity (Wildman–Crippen MR) is 92.7 cm³/mol. The van der Waals surface area contributed by atoms with Crippen LogP contribution in [-0.4, -0.2) is 0 Å². The molecule has 0 amide bonds. The number of nitrogens with two attached hydrogens (primary N) is 1. The van der Waals surface area contributed by atoms with Crippen molar-refractivity contribution in [2.75, 3.05) is 0 Å². The fourth-order valence-corrected chi connectivity index (χ4v) is 4.55. The molecule has 1 aliphatic rings. The topological polar surface area (TPSA) is 26.0 Å². The van der Waals surface area contributed by atoms with Crippen molar-refractivity contribution in [1.82, 2.24) is 0 Å². The highest BCUT2D eigenvalue weighted by Crippen LogP contribution is 2.51. The first-order valence-electron chi connectivity index (χ1n) is 8.61. The van der Waals surface area contributed by atoms with E-state index in [2.05, 4.69) is 47.6 Å². The number of benzene rings is 1. The smallest absolute Gasteiger partial charge is 0.0357 e. The second-order valence-corrected chi connectivity index (χ2v) is 7.82. The molecule has 1 fully saturated rings. The number of aryl methyl sites for hydroxylation is 2. The lowest BCUT2D eigenvalue weighted by Gasteiger charge is -2.39. The van der Waals surface area contributed by atoms with Crippen LogP contribution in [0.1, 0.15) is 79.8 Å². The largest absolute Gasteiger partial charge is 0.323 e. The summed E-state index contributed by atoms with van der Waals surface area (Å²) < 4.78 is 0. The van der Waals surface area contributed by atoms with E-state index in [1.807, 2.05) is 0 Å². The summed E-state index contributed by atoms with van der Waals surface area (Å²) in [5.74, 6) is 0.723. The van der Waals surface area contributed by atoms with Gasteiger partial charge < -0.3 is 5.73 Å². The summed E-state index contributed by atoms with van der Waals surface area (Å²) in [4.78, 5) is 0. The van der Waals surface area contributed by atoms with Crippen LogP contribution >= 0.6 is 0 Å². The number of hydrogen-bond acceptors (Lipinski definition) is 1. The van der Waals surface area contributed by atoms with Gasteiger partial charge in [0, 0.05) is 6.04 Å². The van der Waals surface area contributed by atoms with Gasteiger partial charge in [-0.1, -0.05) is 32.8 Å². The van der Waals surface area contributed by atoms with E-state index >= 15 is 0 Å². The van der Waals surface area contributed by atoms with Crippen LogP contribution in [0.25, 0.3) is 0 Å². The molecule has 0 heterocycles. The number of rotatable bonds is 4. The van der Waals surface area contributed by atoms with Gasteiger partial charge in [-0.3, -0.25) is 0 Å². The maximum Gasteiger partial charge on any atom is 0.0357 e. The second kappa shape index (κ2) is 6.12. The molecule has 0 aliphatic heterocycles. The van der Waals surface area contributed by atoms with E-state index in [0.29, 0.717) is 5.41 Å². The summed E-state index contributed by atoms with van der Waals surface area (Å²) >= 11 is 0. The summed E-state index contributed by atoms with van der Waals surface area (Å²) in [6.07, 6.45) is 6.57. The van der Waals surface area contributed by atoms with Gasteiger partial charge in [0.2, 0.25) is 0 Å². The highest BCUT2D eigenvalue weighted by Gasteiger charge is 2.41. The molecule has 118 valence electrons. The average molecular weight is 287 g/mol. The zero-order valence-electron chi connectivity index (χ0n) is 14.8. The van der Waals surface area contributed by atoms with Crippen molar-refractivity contribution >= 4 is 0 Å². The van der Waals surface area contributed by atoms with E-state index < -0.39 is 0 Å². The third kappa shape index (κ3) is 3.04. The summed E-state index contributed by atoms with van der Waals surface area (Å²) in [5, 5.41) is 0. The van der Waals surface area contributed by atoms with E-state index in [9.17, 15) is 0 Å². The monoisotopic (exact) mass is 287 g/mol. The molecular weight excluding hydrogens is 254 g/mol. The van der Waals surface area contributed by atoms with E-state index in [-0.39, 0.29) is 6.04 Å². The van der Waals surface area contributed by atoms with Crippen molar-refractivity contribution in [1.29, 1.82) is 0 Å². The molecule has 0 saturated heterocycles. The summed E-state index contributed by atoms with van der Waals surface area (Å²) in [5.41, 5.74) is 14.3. The third-order valence-corrected chi connectivity index (χ3v) is 5.81. The van der Waals surface area contributed by atoms with Gasteiger partial charge in [-0.25, -0.2) is 0 Å². The SMILES string of the molecule is Cc1cc(C)c(C)c(C(N)C2(CC(C)C)CCCC2)c1C. The maximum absolute atomic E-state index is 6.92. The van der Waals surface area contributed by atoms with Gasteiger partial charge in [0.15, 0.2) is 0 Å². The molecule has 1 aromatic carbocycles. The highest BCUT2D eigenvalue weighted by atomic mass is 14.7. The lowest BCUT2D eigenvalue weighted by Crippen LogP contribution is -2.35. The first kappa shape index (κ1) is 16.5. The Labute approximate surface area is 131 Å². The van der Waals surface area contributed by atoms with Crippen LogP contribution in [-0.2, 0) is 0 Å². The minimum Gasteiger partial charge on any atom is -0.323 e. The maximum atomic E-state index is 6.92. The number of hydrogen-bond donors (Lipinski definition) is 1. The van der Waals surface area contributed by atoms with E-state index in [1.165, 1.54) is 59.9 Å². The fraction of sp³-hybridized carbons (Fsp3) is 0.700. The van der Waals surface area contributed by atoms with Crippen LogP contribution in [0.4, 0.5) is 0 Å². The van der Waals surface area contributed by atoms with Crippen LogP contribution in [0.3, 0.4) is 0 Å². The summed E-state index contributed by atoms with van der Waals surface area (Å²) in [6, 6.07) is 2.51. The zero-order chi connectivity index (χ0) is 15.8. The van der Waals surface area contributed by atoms with E-state index in [0.717, 1.165) is 5.92 Å². The molecule has 1 aliphatic carbocycles. The molecule has 0 radical (unpaired) electrons. The van der Waals surface area contributed by atoms with Gasteiger partial charge in [0.05, 0.1) is 0 Å². The first-order valence-corrected chi connectivity index (χ1v) is 8.61. The van der Waals surface area contributed by atoms with Crippen LogP contribution in [0.2, 0.25) is 0 Å². The molecule has 1 atom stereocenters. The normalized spacial score (nSPS) is 19.2. The summed E-state index contributed by atoms with van der Waals surface area (Å²) in [7, 11) is 0. The van der Waals surface area contributed by atoms with Gasteiger partial charge in [-0.05, 0) is 86.1 Å². The molecule has 1 unspecified atom stereocenters. The molecule has 1 saturated carbocycles. The van der Waals surface area contributed by atoms with E-state index in [4.69, 9.17) is 5.73 Å². The molecule has 0 bridgehead atoms. The van der Waals surface area contributed by atoms with Crippen molar-refractivity contribution < 1.29 is 0 Å². The van der Waals surface area contributed by atoms with Crippen LogP contribution < -0.4 is 5.73 Å². The van der Waals surface area contributed by atoms with Gasteiger partial charge in [-0.2, -0.15) is 0 Å². The Hall–Kier alpha value is -0.820. The molecule has 0 spiro atoms. The lowest BCUT2D eigenvalue weighted by atomic mass is 9.69. The third-order valence-electron chi connectivity index (χ3n) is 5.81. The highest BCUT2D eigenvalue weighted by molar-refractivity contribution is 5.46. The Morgan fingerprint density at radius 3 is 1.90 bits per heavy atom. The Kier molecular flexibility index (Phi) is 4.82. The van der Waals surface area contributed by atoms with Gasteiger partial charge in [-0.15, -0.1) is 0 Å². The van der Waals surface area contributed by atoms with Crippen molar-refractivity contribution in [3.05, 3.63) is 33.9 Å². The standard InChI is InChI=1S/C20H33N/c1-13(2)12-20(9-7-8-10-20)19(21)18-16(5)14(3)11-15(4)17(18)6/h11,13,19H,7-10,12,21H2,1-6H3. The summed E-state index contributed by atoms with van der Waals surface area (Å²) in [6.45, 7) is 13.6. The zero-order valence-corrected chi connectivity index (χ0v) is 14.8. The fourth-order valence-electron chi connectivity index (χ4n) is 4.55. The van der Waals surface area contributed by atoms with Crippen molar-refractivity contribution in [2.24, 2.45) is 17.1 Å². The Morgan fingerprint density at radius 2 is 1.48 bits per heavy atom. The average Bonchev–Trinajstić information content (AvgIpc) is 2.85. The molecule has 2 N–H and O–H groups in total. The van der Waals surface area contributed by atoms with Crippen LogP contribution in [0.5, 0.6) is 0 Å². The Balaban J connectivity index is 2.49. The minimum atomic E-state index is 0.195. The Morgan fingerprint density at radius 1 is 1.00 bits per heavy atom. The second-order valence-electron chi connectivity index (χ2n) is 7.82. The molecule has 2 rings (SSSR count). The van der Waals surface area contributed by atoms with Crippen molar-refractivity contribution in [3.63, 3.8) is 0 Å². The molecular formula is C20H33N. The van der Waals surface area contributed by atoms with Crippen LogP contribution in [0, 0.1) is 39.0 Å². The van der Waals surface area contributed by atoms with Crippen molar-refractivity contribution in [3.8, 4) is 0 Å². The lowest BCUT2D eigenvalue weighted by molar-refractivity contribution is 0.182. The van der Waals surface area contributed by atoms with Gasteiger partial charge in [0.1, 0.15) is 0 Å². The molecule has 0 aromatic heterocycles. The molecule has 1 nitrogen and oxygen atoms in total. The molecule has 1 heteroatoms. The predicted octanol–water partition coefficient (Wildman–Crippen LogP) is 5.53. The first-order chi connectivity index (χ1) is 9.78. The van der Waals surface area contributed by atoms with Gasteiger partial charge >= 0.3 is 0 Å².